The topological polar surface area (TPSA) is 70.1 Å². The van der Waals surface area contributed by atoms with Crippen LogP contribution >= 0.6 is 0 Å². The number of morpholine rings is 1. The Morgan fingerprint density at radius 2 is 1.61 bits per heavy atom. The molecule has 2 aliphatic rings. The van der Waals surface area contributed by atoms with Crippen LogP contribution in [0.4, 0.5) is 5.69 Å². The fraction of sp³-hybridized carbons (Fsp3) is 0.529. The molecule has 1 aromatic rings. The normalized spacial score (nSPS) is 19.7. The maximum Gasteiger partial charge on any atom is 0.306 e. The Bertz CT molecular complexity index is 558. The number of rotatable bonds is 3. The van der Waals surface area contributed by atoms with Gasteiger partial charge >= 0.3 is 5.97 Å². The van der Waals surface area contributed by atoms with Crippen molar-refractivity contribution in [2.75, 3.05) is 44.3 Å². The highest BCUT2D eigenvalue weighted by molar-refractivity contribution is 5.94. The SMILES string of the molecule is O=C(O)C1CCN(C(=O)c2ccc(N3CCOCC3)cc2)CC1. The minimum Gasteiger partial charge on any atom is -0.481 e. The van der Waals surface area contributed by atoms with Crippen molar-refractivity contribution in [1.82, 2.24) is 4.90 Å². The quantitative estimate of drug-likeness (QED) is 0.914. The number of benzene rings is 1. The molecule has 1 aromatic carbocycles. The van der Waals surface area contributed by atoms with Gasteiger partial charge in [-0.1, -0.05) is 0 Å². The summed E-state index contributed by atoms with van der Waals surface area (Å²) in [7, 11) is 0. The first kappa shape index (κ1) is 15.8. The van der Waals surface area contributed by atoms with Crippen LogP contribution in [0.1, 0.15) is 23.2 Å². The Balaban J connectivity index is 1.60. The zero-order valence-corrected chi connectivity index (χ0v) is 13.1. The lowest BCUT2D eigenvalue weighted by Crippen LogP contribution is -2.40. The van der Waals surface area contributed by atoms with Crippen molar-refractivity contribution in [2.24, 2.45) is 5.92 Å². The molecule has 0 saturated carbocycles. The summed E-state index contributed by atoms with van der Waals surface area (Å²) < 4.78 is 5.34. The van der Waals surface area contributed by atoms with E-state index in [0.717, 1.165) is 32.0 Å². The molecule has 2 saturated heterocycles. The van der Waals surface area contributed by atoms with Crippen LogP contribution < -0.4 is 4.90 Å². The zero-order chi connectivity index (χ0) is 16.2. The molecule has 1 N–H and O–H groups in total. The highest BCUT2D eigenvalue weighted by atomic mass is 16.5. The number of hydrogen-bond acceptors (Lipinski definition) is 4. The van der Waals surface area contributed by atoms with Crippen LogP contribution in [0.5, 0.6) is 0 Å². The third-order valence-corrected chi connectivity index (χ3v) is 4.62. The van der Waals surface area contributed by atoms with Gasteiger partial charge in [-0.2, -0.15) is 0 Å². The van der Waals surface area contributed by atoms with Gasteiger partial charge in [0.25, 0.3) is 5.91 Å². The molecule has 0 radical (unpaired) electrons. The molecular weight excluding hydrogens is 296 g/mol. The van der Waals surface area contributed by atoms with Crippen LogP contribution in [-0.4, -0.2) is 61.3 Å². The summed E-state index contributed by atoms with van der Waals surface area (Å²) in [5.74, 6) is -1.09. The molecule has 0 aromatic heterocycles. The second kappa shape index (κ2) is 7.00. The van der Waals surface area contributed by atoms with E-state index in [1.807, 2.05) is 24.3 Å². The van der Waals surface area contributed by atoms with Crippen molar-refractivity contribution in [2.45, 2.75) is 12.8 Å². The summed E-state index contributed by atoms with van der Waals surface area (Å²) >= 11 is 0. The number of anilines is 1. The highest BCUT2D eigenvalue weighted by Crippen LogP contribution is 2.21. The number of aliphatic carboxylic acids is 1. The third-order valence-electron chi connectivity index (χ3n) is 4.62. The lowest BCUT2D eigenvalue weighted by atomic mass is 9.96. The van der Waals surface area contributed by atoms with E-state index < -0.39 is 5.97 Å². The largest absolute Gasteiger partial charge is 0.481 e. The minimum atomic E-state index is -0.757. The molecule has 0 bridgehead atoms. The highest BCUT2D eigenvalue weighted by Gasteiger charge is 2.27. The van der Waals surface area contributed by atoms with Crippen molar-refractivity contribution in [3.8, 4) is 0 Å². The molecule has 1 amide bonds. The third kappa shape index (κ3) is 3.64. The maximum absolute atomic E-state index is 12.5. The Hall–Kier alpha value is -2.08. The molecule has 124 valence electrons. The Morgan fingerprint density at radius 1 is 1.00 bits per heavy atom. The van der Waals surface area contributed by atoms with Crippen molar-refractivity contribution < 1.29 is 19.4 Å². The van der Waals surface area contributed by atoms with Gasteiger partial charge in [-0.15, -0.1) is 0 Å². The number of carboxylic acid groups (broad SMARTS) is 1. The van der Waals surface area contributed by atoms with E-state index in [-0.39, 0.29) is 11.8 Å². The number of ether oxygens (including phenoxy) is 1. The molecule has 2 heterocycles. The summed E-state index contributed by atoms with van der Waals surface area (Å²) in [6.07, 6.45) is 1.07. The Labute approximate surface area is 135 Å². The van der Waals surface area contributed by atoms with Crippen molar-refractivity contribution in [3.05, 3.63) is 29.8 Å². The summed E-state index contributed by atoms with van der Waals surface area (Å²) in [5, 5.41) is 9.02. The Morgan fingerprint density at radius 3 is 2.17 bits per heavy atom. The van der Waals surface area contributed by atoms with Crippen LogP contribution in [0.2, 0.25) is 0 Å². The van der Waals surface area contributed by atoms with E-state index in [0.29, 0.717) is 31.5 Å². The number of carbonyl (C=O) groups is 2. The van der Waals surface area contributed by atoms with Gasteiger partial charge in [0, 0.05) is 37.4 Å². The summed E-state index contributed by atoms with van der Waals surface area (Å²) in [4.78, 5) is 27.5. The first-order valence-electron chi connectivity index (χ1n) is 8.10. The second-order valence-corrected chi connectivity index (χ2v) is 6.05. The van der Waals surface area contributed by atoms with Gasteiger partial charge in [-0.05, 0) is 37.1 Å². The number of nitrogens with zero attached hydrogens (tertiary/aromatic N) is 2. The van der Waals surface area contributed by atoms with E-state index in [4.69, 9.17) is 9.84 Å². The first-order chi connectivity index (χ1) is 11.1. The van der Waals surface area contributed by atoms with E-state index in [2.05, 4.69) is 4.90 Å². The van der Waals surface area contributed by atoms with Gasteiger partial charge in [0.2, 0.25) is 0 Å². The Kier molecular flexibility index (Phi) is 4.81. The molecule has 6 heteroatoms. The number of amides is 1. The molecular formula is C17H22N2O4. The average molecular weight is 318 g/mol. The van der Waals surface area contributed by atoms with Gasteiger partial charge in [0.1, 0.15) is 0 Å². The molecule has 0 spiro atoms. The van der Waals surface area contributed by atoms with Gasteiger partial charge in [-0.3, -0.25) is 9.59 Å². The predicted molar refractivity (Wildman–Crippen MR) is 85.7 cm³/mol. The second-order valence-electron chi connectivity index (χ2n) is 6.05. The molecule has 3 rings (SSSR count). The van der Waals surface area contributed by atoms with Crippen molar-refractivity contribution in [3.63, 3.8) is 0 Å². The summed E-state index contributed by atoms with van der Waals surface area (Å²) in [5.41, 5.74) is 1.77. The lowest BCUT2D eigenvalue weighted by Gasteiger charge is -2.31. The van der Waals surface area contributed by atoms with E-state index in [9.17, 15) is 9.59 Å². The van der Waals surface area contributed by atoms with Crippen LogP contribution in [0.25, 0.3) is 0 Å². The maximum atomic E-state index is 12.5. The molecule has 23 heavy (non-hydrogen) atoms. The van der Waals surface area contributed by atoms with Gasteiger partial charge < -0.3 is 19.6 Å². The van der Waals surface area contributed by atoms with Gasteiger partial charge in [-0.25, -0.2) is 0 Å². The van der Waals surface area contributed by atoms with Crippen LogP contribution in [0.15, 0.2) is 24.3 Å². The molecule has 0 atom stereocenters. The summed E-state index contributed by atoms with van der Waals surface area (Å²) in [6, 6.07) is 7.66. The van der Waals surface area contributed by atoms with Crippen LogP contribution in [0.3, 0.4) is 0 Å². The van der Waals surface area contributed by atoms with Crippen molar-refractivity contribution >= 4 is 17.6 Å². The smallest absolute Gasteiger partial charge is 0.306 e. The van der Waals surface area contributed by atoms with Gasteiger partial charge in [0.15, 0.2) is 0 Å². The predicted octanol–water partition coefficient (Wildman–Crippen LogP) is 1.46. The number of carbonyl (C=O) groups excluding carboxylic acids is 1. The average Bonchev–Trinajstić information content (AvgIpc) is 2.62. The van der Waals surface area contributed by atoms with Crippen LogP contribution in [0, 0.1) is 5.92 Å². The molecule has 2 aliphatic heterocycles. The fourth-order valence-electron chi connectivity index (χ4n) is 3.15. The zero-order valence-electron chi connectivity index (χ0n) is 13.1. The van der Waals surface area contributed by atoms with Crippen LogP contribution in [-0.2, 0) is 9.53 Å². The molecule has 0 aliphatic carbocycles. The summed E-state index contributed by atoms with van der Waals surface area (Å²) in [6.45, 7) is 4.24. The molecule has 0 unspecified atom stereocenters. The number of likely N-dealkylation sites (tertiary alicyclic amines) is 1. The number of carboxylic acids is 1. The van der Waals surface area contributed by atoms with Crippen molar-refractivity contribution in [1.29, 1.82) is 0 Å². The monoisotopic (exact) mass is 318 g/mol. The standard InChI is InChI=1S/C17H22N2O4/c20-16(19-7-5-14(6-8-19)17(21)22)13-1-3-15(4-2-13)18-9-11-23-12-10-18/h1-4,14H,5-12H2,(H,21,22). The van der Waals surface area contributed by atoms with E-state index in [1.54, 1.807) is 4.90 Å². The number of hydrogen-bond donors (Lipinski definition) is 1. The van der Waals surface area contributed by atoms with E-state index >= 15 is 0 Å². The first-order valence-corrected chi connectivity index (χ1v) is 8.10. The minimum absolute atomic E-state index is 0.0117. The lowest BCUT2D eigenvalue weighted by molar-refractivity contribution is -0.143. The molecule has 6 nitrogen and oxygen atoms in total. The molecule has 2 fully saturated rings. The van der Waals surface area contributed by atoms with Gasteiger partial charge in [0.05, 0.1) is 19.1 Å². The fourth-order valence-corrected chi connectivity index (χ4v) is 3.15. The number of piperidine rings is 1. The van der Waals surface area contributed by atoms with E-state index in [1.165, 1.54) is 0 Å².